The Balaban J connectivity index is 2.19. The maximum Gasteiger partial charge on any atom is 0.182 e. The summed E-state index contributed by atoms with van der Waals surface area (Å²) in [5.41, 5.74) is 4.95. The van der Waals surface area contributed by atoms with Crippen LogP contribution >= 0.6 is 0 Å². The molecule has 2 aliphatic rings. The van der Waals surface area contributed by atoms with Gasteiger partial charge in [-0.25, -0.2) is 0 Å². The summed E-state index contributed by atoms with van der Waals surface area (Å²) < 4.78 is 11.3. The molecule has 1 heterocycles. The molecular formula is C21H16O3. The Morgan fingerprint density at radius 1 is 0.917 bits per heavy atom. The van der Waals surface area contributed by atoms with Gasteiger partial charge < -0.3 is 9.15 Å². The molecule has 2 aromatic rings. The highest BCUT2D eigenvalue weighted by Crippen LogP contribution is 2.41. The highest BCUT2D eigenvalue weighted by atomic mass is 16.5. The molecule has 0 atom stereocenters. The van der Waals surface area contributed by atoms with E-state index in [0.29, 0.717) is 11.3 Å². The standard InChI is InChI=1S/C21H16O3/c1-13-5-3-4-6-16(13)21-17-9-7-14(22)11-19(17)24-20-12-15(23-2)8-10-18(20)21/h3-12H,1-2H3. The lowest BCUT2D eigenvalue weighted by Crippen LogP contribution is -2.00. The van der Waals surface area contributed by atoms with Gasteiger partial charge >= 0.3 is 0 Å². The van der Waals surface area contributed by atoms with E-state index in [1.165, 1.54) is 11.6 Å². The molecule has 118 valence electrons. The first-order chi connectivity index (χ1) is 11.7. The van der Waals surface area contributed by atoms with E-state index < -0.39 is 0 Å². The number of methoxy groups -OCH3 is 1. The minimum Gasteiger partial charge on any atom is -0.497 e. The first-order valence-electron chi connectivity index (χ1n) is 7.78. The van der Waals surface area contributed by atoms with Crippen LogP contribution in [-0.4, -0.2) is 7.11 Å². The third-order valence-electron chi connectivity index (χ3n) is 4.31. The summed E-state index contributed by atoms with van der Waals surface area (Å²) in [5.74, 6) is 1.31. The van der Waals surface area contributed by atoms with E-state index in [2.05, 4.69) is 19.1 Å². The molecule has 0 N–H and O–H groups in total. The fourth-order valence-corrected chi connectivity index (χ4v) is 3.12. The molecular weight excluding hydrogens is 300 g/mol. The van der Waals surface area contributed by atoms with Gasteiger partial charge in [0.05, 0.1) is 7.11 Å². The lowest BCUT2D eigenvalue weighted by molar-refractivity contribution is 0.414. The van der Waals surface area contributed by atoms with Crippen molar-refractivity contribution in [1.29, 1.82) is 0 Å². The molecule has 0 aromatic heterocycles. The molecule has 2 aromatic carbocycles. The van der Waals surface area contributed by atoms with Crippen LogP contribution in [0.1, 0.15) is 5.56 Å². The van der Waals surface area contributed by atoms with Crippen LogP contribution in [0.15, 0.2) is 69.9 Å². The molecule has 0 saturated carbocycles. The number of ether oxygens (including phenoxy) is 1. The molecule has 0 bridgehead atoms. The smallest absolute Gasteiger partial charge is 0.182 e. The highest BCUT2D eigenvalue weighted by molar-refractivity contribution is 6.02. The SMILES string of the molecule is COc1ccc2c(-c3ccccc3C)c3ccc(=O)cc-3oc2c1. The summed E-state index contributed by atoms with van der Waals surface area (Å²) >= 11 is 0. The van der Waals surface area contributed by atoms with Crippen molar-refractivity contribution in [3.05, 3.63) is 76.5 Å². The summed E-state index contributed by atoms with van der Waals surface area (Å²) in [6, 6.07) is 19.0. The minimum atomic E-state index is -0.0655. The fourth-order valence-electron chi connectivity index (χ4n) is 3.12. The van der Waals surface area contributed by atoms with Gasteiger partial charge in [-0.05, 0) is 42.3 Å². The van der Waals surface area contributed by atoms with E-state index in [-0.39, 0.29) is 5.43 Å². The molecule has 0 amide bonds. The molecule has 0 radical (unpaired) electrons. The number of benzene rings is 3. The quantitative estimate of drug-likeness (QED) is 0.495. The summed E-state index contributed by atoms with van der Waals surface area (Å²) in [6.45, 7) is 2.09. The van der Waals surface area contributed by atoms with Gasteiger partial charge in [-0.3, -0.25) is 4.79 Å². The highest BCUT2D eigenvalue weighted by Gasteiger charge is 2.18. The lowest BCUT2D eigenvalue weighted by atomic mass is 9.91. The average Bonchev–Trinajstić information content (AvgIpc) is 2.59. The Labute approximate surface area is 139 Å². The molecule has 3 heteroatoms. The predicted molar refractivity (Wildman–Crippen MR) is 95.8 cm³/mol. The van der Waals surface area contributed by atoms with E-state index in [9.17, 15) is 4.79 Å². The van der Waals surface area contributed by atoms with Crippen LogP contribution in [0, 0.1) is 6.92 Å². The number of rotatable bonds is 2. The van der Waals surface area contributed by atoms with Crippen LogP contribution in [0.2, 0.25) is 0 Å². The summed E-state index contributed by atoms with van der Waals surface area (Å²) in [4.78, 5) is 11.8. The van der Waals surface area contributed by atoms with Crippen molar-refractivity contribution >= 4 is 11.0 Å². The molecule has 0 unspecified atom stereocenters. The van der Waals surface area contributed by atoms with Gasteiger partial charge in [0.25, 0.3) is 0 Å². The Morgan fingerprint density at radius 2 is 1.75 bits per heavy atom. The third kappa shape index (κ3) is 2.26. The van der Waals surface area contributed by atoms with Crippen molar-refractivity contribution in [2.75, 3.05) is 7.11 Å². The fraction of sp³-hybridized carbons (Fsp3) is 0.0952. The molecule has 4 rings (SSSR count). The maximum absolute atomic E-state index is 11.8. The number of hydrogen-bond donors (Lipinski definition) is 0. The van der Waals surface area contributed by atoms with Crippen molar-refractivity contribution in [3.63, 3.8) is 0 Å². The van der Waals surface area contributed by atoms with Gasteiger partial charge in [0, 0.05) is 28.6 Å². The van der Waals surface area contributed by atoms with E-state index >= 15 is 0 Å². The molecule has 24 heavy (non-hydrogen) atoms. The second-order valence-electron chi connectivity index (χ2n) is 5.81. The van der Waals surface area contributed by atoms with Crippen molar-refractivity contribution in [2.45, 2.75) is 6.92 Å². The van der Waals surface area contributed by atoms with Crippen LogP contribution in [0.4, 0.5) is 0 Å². The second kappa shape index (κ2) is 5.53. The molecule has 0 spiro atoms. The summed E-state index contributed by atoms with van der Waals surface area (Å²) in [5, 5.41) is 0.997. The topological polar surface area (TPSA) is 39.4 Å². The molecule has 3 nitrogen and oxygen atoms in total. The zero-order valence-corrected chi connectivity index (χ0v) is 13.5. The average molecular weight is 316 g/mol. The van der Waals surface area contributed by atoms with E-state index in [0.717, 1.165) is 27.8 Å². The summed E-state index contributed by atoms with van der Waals surface area (Å²) in [7, 11) is 1.63. The van der Waals surface area contributed by atoms with Crippen LogP contribution in [-0.2, 0) is 0 Å². The van der Waals surface area contributed by atoms with E-state index in [1.54, 1.807) is 13.2 Å². The molecule has 0 saturated heterocycles. The van der Waals surface area contributed by atoms with Gasteiger partial charge in [-0.1, -0.05) is 24.3 Å². The largest absolute Gasteiger partial charge is 0.497 e. The van der Waals surface area contributed by atoms with Crippen LogP contribution < -0.4 is 10.2 Å². The first-order valence-corrected chi connectivity index (χ1v) is 7.78. The minimum absolute atomic E-state index is 0.0655. The monoisotopic (exact) mass is 316 g/mol. The molecule has 0 fully saturated rings. The summed E-state index contributed by atoms with van der Waals surface area (Å²) in [6.07, 6.45) is 0. The van der Waals surface area contributed by atoms with Gasteiger partial charge in [0.15, 0.2) is 5.43 Å². The Kier molecular flexibility index (Phi) is 3.35. The van der Waals surface area contributed by atoms with Crippen molar-refractivity contribution in [2.24, 2.45) is 0 Å². The first kappa shape index (κ1) is 14.5. The van der Waals surface area contributed by atoms with E-state index in [1.807, 2.05) is 36.4 Å². The van der Waals surface area contributed by atoms with Crippen molar-refractivity contribution in [1.82, 2.24) is 0 Å². The van der Waals surface area contributed by atoms with Crippen LogP contribution in [0.3, 0.4) is 0 Å². The Bertz CT molecular complexity index is 1080. The third-order valence-corrected chi connectivity index (χ3v) is 4.31. The van der Waals surface area contributed by atoms with Crippen molar-refractivity contribution < 1.29 is 9.15 Å². The Hall–Kier alpha value is -3.07. The lowest BCUT2D eigenvalue weighted by Gasteiger charge is -2.16. The van der Waals surface area contributed by atoms with Gasteiger partial charge in [-0.2, -0.15) is 0 Å². The predicted octanol–water partition coefficient (Wildman–Crippen LogP) is 4.88. The van der Waals surface area contributed by atoms with Gasteiger partial charge in [-0.15, -0.1) is 0 Å². The van der Waals surface area contributed by atoms with Gasteiger partial charge in [0.2, 0.25) is 0 Å². The van der Waals surface area contributed by atoms with Gasteiger partial charge in [0.1, 0.15) is 17.1 Å². The Morgan fingerprint density at radius 3 is 2.54 bits per heavy atom. The van der Waals surface area contributed by atoms with E-state index in [4.69, 9.17) is 9.15 Å². The number of aryl methyl sites for hydroxylation is 1. The zero-order valence-electron chi connectivity index (χ0n) is 13.5. The number of fused-ring (bicyclic) bond motifs is 2. The zero-order chi connectivity index (χ0) is 16.7. The normalized spacial score (nSPS) is 11.1. The molecule has 1 aliphatic carbocycles. The van der Waals surface area contributed by atoms with Crippen LogP contribution in [0.5, 0.6) is 5.75 Å². The molecule has 1 aliphatic heterocycles. The maximum atomic E-state index is 11.8. The second-order valence-corrected chi connectivity index (χ2v) is 5.81. The number of hydrogen-bond acceptors (Lipinski definition) is 3. The van der Waals surface area contributed by atoms with Crippen molar-refractivity contribution in [3.8, 4) is 28.2 Å². The van der Waals surface area contributed by atoms with Crippen LogP contribution in [0.25, 0.3) is 33.4 Å².